The van der Waals surface area contributed by atoms with Gasteiger partial charge in [-0.2, -0.15) is 0 Å². The van der Waals surface area contributed by atoms with Gasteiger partial charge in [0.2, 0.25) is 0 Å². The maximum absolute atomic E-state index is 11.1. The Bertz CT molecular complexity index is 228. The molecule has 0 atom stereocenters. The van der Waals surface area contributed by atoms with E-state index in [0.29, 0.717) is 0 Å². The van der Waals surface area contributed by atoms with E-state index in [-0.39, 0.29) is 5.78 Å². The molecule has 0 fully saturated rings. The molecule has 0 bridgehead atoms. The molecule has 0 aliphatic carbocycles. The zero-order valence-corrected chi connectivity index (χ0v) is 8.94. The van der Waals surface area contributed by atoms with Gasteiger partial charge in [-0.05, 0) is 25.0 Å². The maximum Gasteiger partial charge on any atom is 0.178 e. The summed E-state index contributed by atoms with van der Waals surface area (Å²) < 4.78 is 0. The predicted molar refractivity (Wildman–Crippen MR) is 62.1 cm³/mol. The standard InChI is InChI=1S/C13H18O/c1-3-5-7-9-11-13(14)12-10-8-6-4-2/h5-12H,3-4H2,1-2H3. The third kappa shape index (κ3) is 8.72. The molecule has 0 heterocycles. The lowest BCUT2D eigenvalue weighted by atomic mass is 10.3. The minimum Gasteiger partial charge on any atom is -0.290 e. The van der Waals surface area contributed by atoms with Crippen LogP contribution in [0.3, 0.4) is 0 Å². The number of carbonyl (C=O) groups excluding carboxylic acids is 1. The molecule has 0 saturated heterocycles. The smallest absolute Gasteiger partial charge is 0.178 e. The lowest BCUT2D eigenvalue weighted by Crippen LogP contribution is -1.82. The molecular formula is C13H18O. The molecule has 0 aromatic carbocycles. The van der Waals surface area contributed by atoms with Crippen molar-refractivity contribution in [3.05, 3.63) is 48.6 Å². The molecular weight excluding hydrogens is 172 g/mol. The van der Waals surface area contributed by atoms with E-state index in [1.807, 2.05) is 24.3 Å². The Kier molecular flexibility index (Phi) is 8.77. The zero-order valence-electron chi connectivity index (χ0n) is 8.94. The van der Waals surface area contributed by atoms with E-state index in [4.69, 9.17) is 0 Å². The van der Waals surface area contributed by atoms with Gasteiger partial charge in [-0.3, -0.25) is 4.79 Å². The Morgan fingerprint density at radius 3 is 1.64 bits per heavy atom. The van der Waals surface area contributed by atoms with Gasteiger partial charge in [0.1, 0.15) is 0 Å². The summed E-state index contributed by atoms with van der Waals surface area (Å²) in [7, 11) is 0. The van der Waals surface area contributed by atoms with Gasteiger partial charge in [0.25, 0.3) is 0 Å². The SMILES string of the molecule is CCC=CC=CC(=O)C=CC=CCC. The largest absolute Gasteiger partial charge is 0.290 e. The average Bonchev–Trinajstić information content (AvgIpc) is 2.19. The second-order valence-corrected chi connectivity index (χ2v) is 2.79. The first-order valence-corrected chi connectivity index (χ1v) is 5.01. The van der Waals surface area contributed by atoms with Gasteiger partial charge >= 0.3 is 0 Å². The number of ketones is 1. The fourth-order valence-electron chi connectivity index (χ4n) is 0.786. The highest BCUT2D eigenvalue weighted by Crippen LogP contribution is 1.87. The first kappa shape index (κ1) is 12.6. The number of hydrogen-bond donors (Lipinski definition) is 0. The summed E-state index contributed by atoms with van der Waals surface area (Å²) in [4.78, 5) is 11.1. The fourth-order valence-corrected chi connectivity index (χ4v) is 0.786. The molecule has 0 unspecified atom stereocenters. The highest BCUT2D eigenvalue weighted by atomic mass is 16.1. The van der Waals surface area contributed by atoms with Gasteiger partial charge in [-0.15, -0.1) is 0 Å². The molecule has 0 aliphatic heterocycles. The van der Waals surface area contributed by atoms with Crippen molar-refractivity contribution in [1.82, 2.24) is 0 Å². The van der Waals surface area contributed by atoms with Gasteiger partial charge in [-0.1, -0.05) is 50.3 Å². The van der Waals surface area contributed by atoms with Crippen LogP contribution in [0.15, 0.2) is 48.6 Å². The van der Waals surface area contributed by atoms with Crippen molar-refractivity contribution in [2.24, 2.45) is 0 Å². The van der Waals surface area contributed by atoms with E-state index in [9.17, 15) is 4.79 Å². The van der Waals surface area contributed by atoms with Gasteiger partial charge in [0, 0.05) is 0 Å². The molecule has 0 spiro atoms. The average molecular weight is 190 g/mol. The molecule has 14 heavy (non-hydrogen) atoms. The highest BCUT2D eigenvalue weighted by Gasteiger charge is 1.83. The van der Waals surface area contributed by atoms with Crippen LogP contribution in [0.1, 0.15) is 26.7 Å². The second-order valence-electron chi connectivity index (χ2n) is 2.79. The van der Waals surface area contributed by atoms with Crippen molar-refractivity contribution in [3.63, 3.8) is 0 Å². The Hall–Kier alpha value is -1.37. The summed E-state index contributed by atoms with van der Waals surface area (Å²) >= 11 is 0. The van der Waals surface area contributed by atoms with Crippen LogP contribution >= 0.6 is 0 Å². The van der Waals surface area contributed by atoms with Crippen LogP contribution in [0.5, 0.6) is 0 Å². The monoisotopic (exact) mass is 190 g/mol. The lowest BCUT2D eigenvalue weighted by molar-refractivity contribution is -0.110. The molecule has 0 saturated carbocycles. The molecule has 0 N–H and O–H groups in total. The van der Waals surface area contributed by atoms with Crippen molar-refractivity contribution < 1.29 is 4.79 Å². The predicted octanol–water partition coefficient (Wildman–Crippen LogP) is 3.60. The van der Waals surface area contributed by atoms with E-state index < -0.39 is 0 Å². The van der Waals surface area contributed by atoms with E-state index >= 15 is 0 Å². The molecule has 76 valence electrons. The van der Waals surface area contributed by atoms with Gasteiger partial charge < -0.3 is 0 Å². The van der Waals surface area contributed by atoms with Crippen molar-refractivity contribution in [3.8, 4) is 0 Å². The summed E-state index contributed by atoms with van der Waals surface area (Å²) in [6, 6.07) is 0. The van der Waals surface area contributed by atoms with Crippen LogP contribution in [-0.2, 0) is 4.79 Å². The summed E-state index contributed by atoms with van der Waals surface area (Å²) in [6.07, 6.45) is 16.4. The van der Waals surface area contributed by atoms with Crippen molar-refractivity contribution in [2.45, 2.75) is 26.7 Å². The summed E-state index contributed by atoms with van der Waals surface area (Å²) in [6.45, 7) is 4.11. The van der Waals surface area contributed by atoms with Crippen LogP contribution in [0.2, 0.25) is 0 Å². The summed E-state index contributed by atoms with van der Waals surface area (Å²) in [5.41, 5.74) is 0. The minimum absolute atomic E-state index is 0.0199. The zero-order chi connectivity index (χ0) is 10.6. The van der Waals surface area contributed by atoms with Crippen LogP contribution < -0.4 is 0 Å². The van der Waals surface area contributed by atoms with E-state index in [0.717, 1.165) is 12.8 Å². The first-order valence-electron chi connectivity index (χ1n) is 5.01. The third-order valence-electron chi connectivity index (χ3n) is 1.49. The lowest BCUT2D eigenvalue weighted by Gasteiger charge is -1.80. The van der Waals surface area contributed by atoms with Crippen LogP contribution in [0, 0.1) is 0 Å². The third-order valence-corrected chi connectivity index (χ3v) is 1.49. The van der Waals surface area contributed by atoms with Gasteiger partial charge in [0.15, 0.2) is 5.78 Å². The molecule has 0 radical (unpaired) electrons. The van der Waals surface area contributed by atoms with Crippen LogP contribution in [0.4, 0.5) is 0 Å². The van der Waals surface area contributed by atoms with Gasteiger partial charge in [0.05, 0.1) is 0 Å². The van der Waals surface area contributed by atoms with E-state index in [1.54, 1.807) is 24.3 Å². The Balaban J connectivity index is 3.85. The second kappa shape index (κ2) is 9.72. The highest BCUT2D eigenvalue weighted by molar-refractivity contribution is 5.99. The Morgan fingerprint density at radius 2 is 1.29 bits per heavy atom. The Morgan fingerprint density at radius 1 is 0.857 bits per heavy atom. The van der Waals surface area contributed by atoms with Crippen molar-refractivity contribution >= 4 is 5.78 Å². The molecule has 0 rings (SSSR count). The number of carbonyl (C=O) groups is 1. The fraction of sp³-hybridized carbons (Fsp3) is 0.308. The van der Waals surface area contributed by atoms with Crippen molar-refractivity contribution in [1.29, 1.82) is 0 Å². The maximum atomic E-state index is 11.1. The van der Waals surface area contributed by atoms with E-state index in [2.05, 4.69) is 13.8 Å². The number of allylic oxidation sites excluding steroid dienone is 8. The molecule has 1 nitrogen and oxygen atoms in total. The van der Waals surface area contributed by atoms with E-state index in [1.165, 1.54) is 0 Å². The summed E-state index contributed by atoms with van der Waals surface area (Å²) in [5.74, 6) is 0.0199. The molecule has 1 heteroatoms. The number of hydrogen-bond acceptors (Lipinski definition) is 1. The van der Waals surface area contributed by atoms with Crippen LogP contribution in [-0.4, -0.2) is 5.78 Å². The van der Waals surface area contributed by atoms with Gasteiger partial charge in [-0.25, -0.2) is 0 Å². The van der Waals surface area contributed by atoms with Crippen LogP contribution in [0.25, 0.3) is 0 Å². The topological polar surface area (TPSA) is 17.1 Å². The van der Waals surface area contributed by atoms with Crippen molar-refractivity contribution in [2.75, 3.05) is 0 Å². The quantitative estimate of drug-likeness (QED) is 0.462. The summed E-state index contributed by atoms with van der Waals surface area (Å²) in [5, 5.41) is 0. The molecule has 0 aromatic heterocycles. The molecule has 0 aliphatic rings. The first-order chi connectivity index (χ1) is 6.81. The molecule has 0 amide bonds. The Labute approximate surface area is 86.5 Å². The normalized spacial score (nSPS) is 12.7. The minimum atomic E-state index is 0.0199. The molecule has 0 aromatic rings. The number of rotatable bonds is 6.